The quantitative estimate of drug-likeness (QED) is 0.316. The van der Waals surface area contributed by atoms with Gasteiger partial charge in [-0.3, -0.25) is 9.79 Å². The van der Waals surface area contributed by atoms with E-state index in [9.17, 15) is 9.18 Å². The van der Waals surface area contributed by atoms with E-state index in [0.717, 1.165) is 35.8 Å². The van der Waals surface area contributed by atoms with Crippen molar-refractivity contribution < 1.29 is 9.18 Å². The van der Waals surface area contributed by atoms with Gasteiger partial charge in [0.1, 0.15) is 5.82 Å². The van der Waals surface area contributed by atoms with Crippen molar-refractivity contribution in [2.75, 3.05) is 32.4 Å². The number of carbonyl (C=O) groups excluding carboxylic acids is 1. The van der Waals surface area contributed by atoms with Crippen LogP contribution < -0.4 is 16.0 Å². The summed E-state index contributed by atoms with van der Waals surface area (Å²) in [4.78, 5) is 16.3. The molecule has 0 unspecified atom stereocenters. The lowest BCUT2D eigenvalue weighted by atomic mass is 10.1. The van der Waals surface area contributed by atoms with Crippen molar-refractivity contribution in [2.45, 2.75) is 19.1 Å². The average Bonchev–Trinajstić information content (AvgIpc) is 2.74. The minimum atomic E-state index is -0.154. The molecule has 7 heteroatoms. The van der Waals surface area contributed by atoms with Crippen molar-refractivity contribution in [3.05, 3.63) is 71.0 Å². The van der Waals surface area contributed by atoms with Gasteiger partial charge in [-0.15, -0.1) is 0 Å². The molecule has 1 amide bonds. The second-order valence-electron chi connectivity index (χ2n) is 6.36. The van der Waals surface area contributed by atoms with Crippen molar-refractivity contribution in [3.63, 3.8) is 0 Å². The van der Waals surface area contributed by atoms with Crippen LogP contribution in [0.2, 0.25) is 0 Å². The Bertz CT molecular complexity index is 813. The van der Waals surface area contributed by atoms with Gasteiger partial charge >= 0.3 is 0 Å². The lowest BCUT2D eigenvalue weighted by molar-refractivity contribution is 0.0963. The molecule has 0 heterocycles. The number of carbonyl (C=O) groups is 1. The summed E-state index contributed by atoms with van der Waals surface area (Å²) in [5.41, 5.74) is 2.48. The number of halogens is 1. The molecular weight excluding hydrogens is 387 g/mol. The lowest BCUT2D eigenvalue weighted by Gasteiger charge is -2.11. The van der Waals surface area contributed by atoms with Gasteiger partial charge in [0.15, 0.2) is 5.96 Å². The number of nitrogens with zero attached hydrogens (tertiary/aromatic N) is 1. The Morgan fingerprint density at radius 3 is 2.72 bits per heavy atom. The van der Waals surface area contributed by atoms with E-state index in [1.54, 1.807) is 30.9 Å². The van der Waals surface area contributed by atoms with Gasteiger partial charge < -0.3 is 16.0 Å². The highest BCUT2D eigenvalue weighted by molar-refractivity contribution is 7.98. The van der Waals surface area contributed by atoms with Gasteiger partial charge in [0, 0.05) is 37.2 Å². The molecule has 0 saturated heterocycles. The van der Waals surface area contributed by atoms with Crippen LogP contribution in [0.4, 0.5) is 4.39 Å². The third-order valence-corrected chi connectivity index (χ3v) is 5.17. The predicted molar refractivity (Wildman–Crippen MR) is 120 cm³/mol. The fraction of sp³-hybridized carbons (Fsp3) is 0.364. The standard InChI is InChI=1S/C22H29FN4OS/c1-3-25-22(27-13-14-29-16-19-8-4-5-10-20(19)23)26-12-11-17-7-6-9-18(15-17)21(28)24-2/h4-10,15H,3,11-14,16H2,1-2H3,(H,24,28)(H2,25,26,27). The van der Waals surface area contributed by atoms with Gasteiger partial charge in [0.05, 0.1) is 6.54 Å². The van der Waals surface area contributed by atoms with E-state index in [1.807, 2.05) is 37.3 Å². The molecule has 2 aromatic rings. The first-order valence-electron chi connectivity index (χ1n) is 9.78. The third-order valence-electron chi connectivity index (χ3n) is 4.19. The van der Waals surface area contributed by atoms with Crippen LogP contribution in [0.15, 0.2) is 53.5 Å². The van der Waals surface area contributed by atoms with Crippen molar-refractivity contribution in [2.24, 2.45) is 4.99 Å². The number of thioether (sulfide) groups is 1. The van der Waals surface area contributed by atoms with Gasteiger partial charge in [0.2, 0.25) is 0 Å². The zero-order valence-corrected chi connectivity index (χ0v) is 17.8. The highest BCUT2D eigenvalue weighted by Gasteiger charge is 2.04. The smallest absolute Gasteiger partial charge is 0.251 e. The van der Waals surface area contributed by atoms with Gasteiger partial charge in [-0.2, -0.15) is 11.8 Å². The molecule has 0 fully saturated rings. The average molecular weight is 417 g/mol. The summed E-state index contributed by atoms with van der Waals surface area (Å²) in [7, 11) is 1.63. The van der Waals surface area contributed by atoms with Crippen LogP contribution in [0.5, 0.6) is 0 Å². The van der Waals surface area contributed by atoms with Crippen LogP contribution in [0.1, 0.15) is 28.4 Å². The monoisotopic (exact) mass is 416 g/mol. The molecule has 0 aliphatic rings. The number of hydrogen-bond donors (Lipinski definition) is 3. The molecule has 0 radical (unpaired) electrons. The van der Waals surface area contributed by atoms with Gasteiger partial charge in [-0.1, -0.05) is 30.3 Å². The van der Waals surface area contributed by atoms with Crippen molar-refractivity contribution in [1.82, 2.24) is 16.0 Å². The Labute approximate surface area is 176 Å². The molecule has 0 spiro atoms. The SMILES string of the molecule is CCNC(=NCCSCc1ccccc1F)NCCc1cccc(C(=O)NC)c1. The van der Waals surface area contributed by atoms with Crippen molar-refractivity contribution in [1.29, 1.82) is 0 Å². The summed E-state index contributed by atoms with van der Waals surface area (Å²) in [5, 5.41) is 9.19. The highest BCUT2D eigenvalue weighted by atomic mass is 32.2. The predicted octanol–water partition coefficient (Wildman–Crippen LogP) is 3.22. The molecule has 156 valence electrons. The van der Waals surface area contributed by atoms with Crippen LogP contribution >= 0.6 is 11.8 Å². The Morgan fingerprint density at radius 1 is 1.14 bits per heavy atom. The molecular formula is C22H29FN4OS. The molecule has 0 saturated carbocycles. The topological polar surface area (TPSA) is 65.5 Å². The van der Waals surface area contributed by atoms with E-state index >= 15 is 0 Å². The van der Waals surface area contributed by atoms with E-state index in [-0.39, 0.29) is 11.7 Å². The Hall–Kier alpha value is -2.54. The van der Waals surface area contributed by atoms with Crippen molar-refractivity contribution >= 4 is 23.6 Å². The number of hydrogen-bond acceptors (Lipinski definition) is 3. The van der Waals surface area contributed by atoms with Crippen LogP contribution in [0, 0.1) is 5.82 Å². The molecule has 29 heavy (non-hydrogen) atoms. The number of rotatable bonds is 10. The number of nitrogens with one attached hydrogen (secondary N) is 3. The lowest BCUT2D eigenvalue weighted by Crippen LogP contribution is -2.38. The second kappa shape index (κ2) is 12.8. The summed E-state index contributed by atoms with van der Waals surface area (Å²) in [6, 6.07) is 14.5. The first-order chi connectivity index (χ1) is 14.1. The maximum atomic E-state index is 13.6. The van der Waals surface area contributed by atoms with Crippen LogP contribution in [0.3, 0.4) is 0 Å². The first kappa shape index (κ1) is 22.7. The Kier molecular flexibility index (Phi) is 10.1. The number of guanidine groups is 1. The maximum absolute atomic E-state index is 13.6. The summed E-state index contributed by atoms with van der Waals surface area (Å²) in [5.74, 6) is 2.00. The minimum absolute atomic E-state index is 0.0809. The van der Waals surface area contributed by atoms with Gasteiger partial charge in [-0.05, 0) is 42.7 Å². The van der Waals surface area contributed by atoms with Crippen LogP contribution in [0.25, 0.3) is 0 Å². The zero-order valence-electron chi connectivity index (χ0n) is 17.0. The molecule has 3 N–H and O–H groups in total. The van der Waals surface area contributed by atoms with Gasteiger partial charge in [-0.25, -0.2) is 4.39 Å². The second-order valence-corrected chi connectivity index (χ2v) is 7.47. The Balaban J connectivity index is 1.76. The van der Waals surface area contributed by atoms with E-state index in [4.69, 9.17) is 0 Å². The van der Waals surface area contributed by atoms with E-state index in [2.05, 4.69) is 20.9 Å². The summed E-state index contributed by atoms with van der Waals surface area (Å²) >= 11 is 1.67. The summed E-state index contributed by atoms with van der Waals surface area (Å²) in [6.07, 6.45) is 0.789. The molecule has 0 aromatic heterocycles. The molecule has 5 nitrogen and oxygen atoms in total. The van der Waals surface area contributed by atoms with Gasteiger partial charge in [0.25, 0.3) is 5.91 Å². The largest absolute Gasteiger partial charge is 0.357 e. The highest BCUT2D eigenvalue weighted by Crippen LogP contribution is 2.15. The fourth-order valence-corrected chi connectivity index (χ4v) is 3.52. The third kappa shape index (κ3) is 8.15. The van der Waals surface area contributed by atoms with E-state index < -0.39 is 0 Å². The van der Waals surface area contributed by atoms with E-state index in [1.165, 1.54) is 6.07 Å². The molecule has 2 aromatic carbocycles. The Morgan fingerprint density at radius 2 is 1.97 bits per heavy atom. The summed E-state index contributed by atoms with van der Waals surface area (Å²) < 4.78 is 13.6. The number of benzene rings is 2. The molecule has 0 aliphatic heterocycles. The van der Waals surface area contributed by atoms with E-state index in [0.29, 0.717) is 24.4 Å². The molecule has 2 rings (SSSR count). The minimum Gasteiger partial charge on any atom is -0.357 e. The number of aliphatic imine (C=N–C) groups is 1. The molecule has 0 aliphatic carbocycles. The van der Waals surface area contributed by atoms with Crippen LogP contribution in [-0.4, -0.2) is 44.3 Å². The molecule has 0 atom stereocenters. The normalized spacial score (nSPS) is 11.2. The maximum Gasteiger partial charge on any atom is 0.251 e. The first-order valence-corrected chi connectivity index (χ1v) is 10.9. The number of amides is 1. The van der Waals surface area contributed by atoms with Crippen LogP contribution in [-0.2, 0) is 12.2 Å². The van der Waals surface area contributed by atoms with Crippen molar-refractivity contribution in [3.8, 4) is 0 Å². The fourth-order valence-electron chi connectivity index (χ4n) is 2.70. The zero-order chi connectivity index (χ0) is 20.9. The molecule has 0 bridgehead atoms. The summed E-state index contributed by atoms with van der Waals surface area (Å²) in [6.45, 7) is 4.17.